The van der Waals surface area contributed by atoms with E-state index in [2.05, 4.69) is 33.8 Å². The summed E-state index contributed by atoms with van der Waals surface area (Å²) >= 11 is 1.76. The fraction of sp³-hybridized carbons (Fsp3) is 0.294. The number of nitrogens with one attached hydrogen (secondary N) is 2. The van der Waals surface area contributed by atoms with Gasteiger partial charge in [0, 0.05) is 46.7 Å². The number of pyridine rings is 1. The lowest BCUT2D eigenvalue weighted by atomic mass is 10.1. The van der Waals surface area contributed by atoms with Crippen LogP contribution in [0.5, 0.6) is 0 Å². The summed E-state index contributed by atoms with van der Waals surface area (Å²) in [5.74, 6) is 0. The number of nitrogens with zero attached hydrogens (tertiary/aromatic N) is 3. The quantitative estimate of drug-likeness (QED) is 0.467. The molecule has 0 atom stereocenters. The molecule has 0 unspecified atom stereocenters. The Balaban J connectivity index is 1.90. The van der Waals surface area contributed by atoms with Crippen molar-refractivity contribution in [1.82, 2.24) is 20.1 Å². The van der Waals surface area contributed by atoms with E-state index in [9.17, 15) is 0 Å². The second-order valence-electron chi connectivity index (χ2n) is 5.68. The van der Waals surface area contributed by atoms with Crippen LogP contribution in [-0.4, -0.2) is 41.4 Å². The van der Waals surface area contributed by atoms with Gasteiger partial charge in [0.05, 0.1) is 12.1 Å². The topological polar surface area (TPSA) is 80.8 Å². The largest absolute Gasteiger partial charge is 0.383 e. The average molecular weight is 340 g/mol. The van der Waals surface area contributed by atoms with Crippen LogP contribution in [0.3, 0.4) is 0 Å². The molecule has 7 heteroatoms. The summed E-state index contributed by atoms with van der Waals surface area (Å²) in [6.45, 7) is 3.06. The lowest BCUT2D eigenvalue weighted by Gasteiger charge is -2.18. The summed E-state index contributed by atoms with van der Waals surface area (Å²) in [6.07, 6.45) is 1.83. The normalized spacial score (nSPS) is 12.4. The van der Waals surface area contributed by atoms with Gasteiger partial charge in [-0.2, -0.15) is 5.10 Å². The van der Waals surface area contributed by atoms with E-state index in [1.165, 1.54) is 10.3 Å². The van der Waals surface area contributed by atoms with Crippen LogP contribution in [-0.2, 0) is 6.54 Å². The number of nitrogens with two attached hydrogens (primary N) is 1. The number of benzene rings is 1. The molecule has 24 heavy (non-hydrogen) atoms. The van der Waals surface area contributed by atoms with E-state index in [0.29, 0.717) is 13.1 Å². The molecule has 1 aliphatic rings. The van der Waals surface area contributed by atoms with Crippen LogP contribution in [0, 0.1) is 0 Å². The zero-order chi connectivity index (χ0) is 16.5. The van der Waals surface area contributed by atoms with Crippen molar-refractivity contribution in [3.63, 3.8) is 0 Å². The highest BCUT2D eigenvalue weighted by Crippen LogP contribution is 2.49. The van der Waals surface area contributed by atoms with Crippen molar-refractivity contribution < 1.29 is 0 Å². The highest BCUT2D eigenvalue weighted by molar-refractivity contribution is 8.00. The zero-order valence-corrected chi connectivity index (χ0v) is 14.4. The summed E-state index contributed by atoms with van der Waals surface area (Å²) in [7, 11) is 1.96. The fourth-order valence-electron chi connectivity index (χ4n) is 3.03. The highest BCUT2D eigenvalue weighted by atomic mass is 32.2. The van der Waals surface area contributed by atoms with Gasteiger partial charge in [0.2, 0.25) is 0 Å². The average Bonchev–Trinajstić information content (AvgIpc) is 2.97. The van der Waals surface area contributed by atoms with Crippen LogP contribution < -0.4 is 16.4 Å². The molecule has 0 fully saturated rings. The van der Waals surface area contributed by atoms with Crippen LogP contribution in [0.4, 0.5) is 5.69 Å². The summed E-state index contributed by atoms with van der Waals surface area (Å²) in [4.78, 5) is 6.93. The lowest BCUT2D eigenvalue weighted by Crippen LogP contribution is -2.18. The molecule has 4 rings (SSSR count). The van der Waals surface area contributed by atoms with E-state index in [0.717, 1.165) is 40.6 Å². The number of likely N-dealkylation sites (N-methyl/N-ethyl adjacent to an activating group) is 1. The van der Waals surface area contributed by atoms with Crippen LogP contribution in [0.25, 0.3) is 22.3 Å². The van der Waals surface area contributed by atoms with Gasteiger partial charge < -0.3 is 16.4 Å². The Morgan fingerprint density at radius 1 is 1.21 bits per heavy atom. The minimum atomic E-state index is 0.565. The predicted molar refractivity (Wildman–Crippen MR) is 98.6 cm³/mol. The maximum atomic E-state index is 5.76. The van der Waals surface area contributed by atoms with Crippen LogP contribution in [0.2, 0.25) is 0 Å². The Kier molecular flexibility index (Phi) is 4.13. The van der Waals surface area contributed by atoms with Gasteiger partial charge in [-0.1, -0.05) is 11.8 Å². The van der Waals surface area contributed by atoms with Gasteiger partial charge in [-0.25, -0.2) is 0 Å². The Hall–Kier alpha value is -2.09. The third-order valence-electron chi connectivity index (χ3n) is 4.11. The molecule has 0 bridgehead atoms. The second kappa shape index (κ2) is 6.43. The Morgan fingerprint density at radius 2 is 2.12 bits per heavy atom. The van der Waals surface area contributed by atoms with Crippen LogP contribution in [0.1, 0.15) is 0 Å². The number of hydrogen-bond donors (Lipinski definition) is 3. The Morgan fingerprint density at radius 3 is 2.96 bits per heavy atom. The van der Waals surface area contributed by atoms with Gasteiger partial charge in [-0.15, -0.1) is 0 Å². The van der Waals surface area contributed by atoms with Crippen molar-refractivity contribution in [2.45, 2.75) is 16.3 Å². The van der Waals surface area contributed by atoms with E-state index in [1.807, 2.05) is 24.0 Å². The monoisotopic (exact) mass is 340 g/mol. The zero-order valence-electron chi connectivity index (χ0n) is 13.5. The Labute approximate surface area is 144 Å². The molecule has 4 N–H and O–H groups in total. The van der Waals surface area contributed by atoms with Crippen molar-refractivity contribution in [2.75, 3.05) is 32.0 Å². The standard InChI is InChI=1S/C17H20N6S/c1-19-8-9-20-11-4-5-12-14-16(22-23(12)10-6-18)15-13(24-17(11)14)3-2-7-21-15/h2-5,7,19-20H,6,8-10,18H2,1H3. The predicted octanol–water partition coefficient (Wildman–Crippen LogP) is 2.15. The lowest BCUT2D eigenvalue weighted by molar-refractivity contribution is 0.647. The van der Waals surface area contributed by atoms with Crippen molar-refractivity contribution in [2.24, 2.45) is 5.73 Å². The smallest absolute Gasteiger partial charge is 0.121 e. The van der Waals surface area contributed by atoms with Crippen LogP contribution in [0.15, 0.2) is 40.3 Å². The van der Waals surface area contributed by atoms with Crippen molar-refractivity contribution in [3.05, 3.63) is 30.5 Å². The van der Waals surface area contributed by atoms with Gasteiger partial charge in [0.15, 0.2) is 0 Å². The minimum absolute atomic E-state index is 0.565. The molecule has 0 aliphatic carbocycles. The molecular weight excluding hydrogens is 320 g/mol. The third kappa shape index (κ3) is 2.45. The summed E-state index contributed by atoms with van der Waals surface area (Å²) in [5, 5.41) is 12.7. The first kappa shape index (κ1) is 15.4. The van der Waals surface area contributed by atoms with E-state index in [1.54, 1.807) is 11.8 Å². The number of hydrogen-bond acceptors (Lipinski definition) is 6. The molecule has 0 saturated carbocycles. The van der Waals surface area contributed by atoms with Gasteiger partial charge in [-0.05, 0) is 31.3 Å². The summed E-state index contributed by atoms with van der Waals surface area (Å²) in [6, 6.07) is 8.34. The van der Waals surface area contributed by atoms with Crippen molar-refractivity contribution >= 4 is 28.4 Å². The Bertz CT molecular complexity index is 888. The highest BCUT2D eigenvalue weighted by Gasteiger charge is 2.26. The maximum absolute atomic E-state index is 5.76. The number of aromatic nitrogens is 3. The first-order chi connectivity index (χ1) is 11.8. The molecule has 0 radical (unpaired) electrons. The molecule has 1 aromatic carbocycles. The minimum Gasteiger partial charge on any atom is -0.383 e. The maximum Gasteiger partial charge on any atom is 0.121 e. The SMILES string of the molecule is CNCCNc1ccc2c3c(nn2CCN)-c2ncccc2Sc13. The molecule has 3 aromatic rings. The summed E-state index contributed by atoms with van der Waals surface area (Å²) in [5.41, 5.74) is 9.94. The van der Waals surface area contributed by atoms with Gasteiger partial charge in [0.1, 0.15) is 11.4 Å². The second-order valence-corrected chi connectivity index (χ2v) is 6.73. The molecular formula is C17H20N6S. The number of fused-ring (bicyclic) bond motifs is 2. The van der Waals surface area contributed by atoms with Gasteiger partial charge in [-0.3, -0.25) is 9.67 Å². The third-order valence-corrected chi connectivity index (χ3v) is 5.29. The molecule has 3 heterocycles. The van der Waals surface area contributed by atoms with Crippen molar-refractivity contribution in [1.29, 1.82) is 0 Å². The van der Waals surface area contributed by atoms with E-state index >= 15 is 0 Å². The molecule has 2 aromatic heterocycles. The first-order valence-corrected chi connectivity index (χ1v) is 8.90. The molecule has 1 aliphatic heterocycles. The molecule has 124 valence electrons. The van der Waals surface area contributed by atoms with Crippen LogP contribution >= 0.6 is 11.8 Å². The van der Waals surface area contributed by atoms with Gasteiger partial charge in [0.25, 0.3) is 0 Å². The van der Waals surface area contributed by atoms with Crippen molar-refractivity contribution in [3.8, 4) is 11.4 Å². The summed E-state index contributed by atoms with van der Waals surface area (Å²) < 4.78 is 2.00. The van der Waals surface area contributed by atoms with E-state index < -0.39 is 0 Å². The molecule has 6 nitrogen and oxygen atoms in total. The molecule has 0 spiro atoms. The molecule has 0 saturated heterocycles. The fourth-order valence-corrected chi connectivity index (χ4v) is 4.19. The number of rotatable bonds is 6. The first-order valence-electron chi connectivity index (χ1n) is 8.08. The van der Waals surface area contributed by atoms with Gasteiger partial charge >= 0.3 is 0 Å². The van der Waals surface area contributed by atoms with E-state index in [4.69, 9.17) is 10.8 Å². The van der Waals surface area contributed by atoms with E-state index in [-0.39, 0.29) is 0 Å². The molecule has 0 amide bonds. The number of anilines is 1.